The predicted octanol–water partition coefficient (Wildman–Crippen LogP) is 1.65. The van der Waals surface area contributed by atoms with E-state index in [4.69, 9.17) is 5.84 Å². The Kier molecular flexibility index (Phi) is 2.38. The molecule has 1 rings (SSSR count). The average molecular weight is 170 g/mol. The topological polar surface area (TPSA) is 38.4 Å². The third-order valence-electron chi connectivity index (χ3n) is 1.51. The molecule has 4 heteroatoms. The van der Waals surface area contributed by atoms with E-state index in [1.54, 1.807) is 6.92 Å². The van der Waals surface area contributed by atoms with Crippen molar-refractivity contribution in [3.05, 3.63) is 35.4 Å². The van der Waals surface area contributed by atoms with Gasteiger partial charge in [-0.05, 0) is 19.1 Å². The Balaban J connectivity index is 3.18. The van der Waals surface area contributed by atoms with E-state index in [0.29, 0.717) is 5.71 Å². The summed E-state index contributed by atoms with van der Waals surface area (Å²) in [5.74, 6) is 3.68. The summed E-state index contributed by atoms with van der Waals surface area (Å²) in [7, 11) is 0. The van der Waals surface area contributed by atoms with E-state index in [1.165, 1.54) is 6.07 Å². The minimum atomic E-state index is -0.651. The zero-order chi connectivity index (χ0) is 9.14. The zero-order valence-corrected chi connectivity index (χ0v) is 6.51. The molecule has 2 nitrogen and oxygen atoms in total. The molecule has 0 fully saturated rings. The molecule has 0 aromatic heterocycles. The van der Waals surface area contributed by atoms with Crippen molar-refractivity contribution in [1.29, 1.82) is 0 Å². The van der Waals surface area contributed by atoms with Crippen LogP contribution in [0.2, 0.25) is 0 Å². The highest BCUT2D eigenvalue weighted by Gasteiger charge is 2.05. The van der Waals surface area contributed by atoms with Crippen LogP contribution in [0.25, 0.3) is 0 Å². The van der Waals surface area contributed by atoms with Crippen molar-refractivity contribution in [3.8, 4) is 0 Å². The lowest BCUT2D eigenvalue weighted by Gasteiger charge is -2.00. The Morgan fingerprint density at radius 3 is 2.58 bits per heavy atom. The fourth-order valence-electron chi connectivity index (χ4n) is 0.852. The maximum atomic E-state index is 12.9. The lowest BCUT2D eigenvalue weighted by atomic mass is 10.1. The molecule has 0 heterocycles. The van der Waals surface area contributed by atoms with Gasteiger partial charge >= 0.3 is 0 Å². The molecular weight excluding hydrogens is 162 g/mol. The molecule has 0 saturated carbocycles. The maximum Gasteiger partial charge on any atom is 0.135 e. The van der Waals surface area contributed by atoms with Crippen LogP contribution in [-0.2, 0) is 0 Å². The lowest BCUT2D eigenvalue weighted by Crippen LogP contribution is -2.02. The van der Waals surface area contributed by atoms with Crippen LogP contribution in [0.5, 0.6) is 0 Å². The van der Waals surface area contributed by atoms with E-state index in [2.05, 4.69) is 5.10 Å². The van der Waals surface area contributed by atoms with Gasteiger partial charge in [-0.1, -0.05) is 0 Å². The number of hydrogen-bond acceptors (Lipinski definition) is 2. The summed E-state index contributed by atoms with van der Waals surface area (Å²) in [6, 6.07) is 3.26. The Bertz CT molecular complexity index is 321. The Morgan fingerprint density at radius 2 is 2.08 bits per heavy atom. The van der Waals surface area contributed by atoms with Crippen molar-refractivity contribution in [3.63, 3.8) is 0 Å². The predicted molar refractivity (Wildman–Crippen MR) is 42.8 cm³/mol. The second-order valence-corrected chi connectivity index (χ2v) is 2.34. The van der Waals surface area contributed by atoms with Crippen LogP contribution in [0.3, 0.4) is 0 Å². The van der Waals surface area contributed by atoms with Gasteiger partial charge in [-0.2, -0.15) is 5.10 Å². The van der Waals surface area contributed by atoms with Gasteiger partial charge in [0.2, 0.25) is 0 Å². The molecule has 0 atom stereocenters. The first-order valence-corrected chi connectivity index (χ1v) is 3.35. The molecule has 1 aromatic carbocycles. The SMILES string of the molecule is CC(=NN)c1ccc(F)cc1F. The van der Waals surface area contributed by atoms with E-state index in [9.17, 15) is 8.78 Å². The van der Waals surface area contributed by atoms with Crippen LogP contribution in [0.4, 0.5) is 8.78 Å². The molecule has 0 amide bonds. The van der Waals surface area contributed by atoms with E-state index in [0.717, 1.165) is 12.1 Å². The summed E-state index contributed by atoms with van der Waals surface area (Å²) in [6.07, 6.45) is 0. The third-order valence-corrected chi connectivity index (χ3v) is 1.51. The summed E-state index contributed by atoms with van der Waals surface area (Å²) in [4.78, 5) is 0. The first-order valence-electron chi connectivity index (χ1n) is 3.35. The van der Waals surface area contributed by atoms with Crippen molar-refractivity contribution in [2.45, 2.75) is 6.92 Å². The van der Waals surface area contributed by atoms with Crippen molar-refractivity contribution in [1.82, 2.24) is 0 Å². The van der Waals surface area contributed by atoms with Gasteiger partial charge in [0.25, 0.3) is 0 Å². The molecule has 0 bridgehead atoms. The van der Waals surface area contributed by atoms with Crippen LogP contribution in [-0.4, -0.2) is 5.71 Å². The molecular formula is C8H8F2N2. The monoisotopic (exact) mass is 170 g/mol. The summed E-state index contributed by atoms with van der Waals surface area (Å²) >= 11 is 0. The van der Waals surface area contributed by atoms with Gasteiger partial charge in [-0.25, -0.2) is 8.78 Å². The smallest absolute Gasteiger partial charge is 0.135 e. The number of halogens is 2. The summed E-state index contributed by atoms with van der Waals surface area (Å²) in [5, 5.41) is 3.30. The number of rotatable bonds is 1. The summed E-state index contributed by atoms with van der Waals surface area (Å²) in [6.45, 7) is 1.55. The normalized spacial score (nSPS) is 11.8. The quantitative estimate of drug-likeness (QED) is 0.388. The molecule has 12 heavy (non-hydrogen) atoms. The van der Waals surface area contributed by atoms with Crippen LogP contribution in [0.1, 0.15) is 12.5 Å². The molecule has 0 spiro atoms. The highest BCUT2D eigenvalue weighted by atomic mass is 19.1. The van der Waals surface area contributed by atoms with E-state index >= 15 is 0 Å². The Morgan fingerprint density at radius 1 is 1.42 bits per heavy atom. The van der Waals surface area contributed by atoms with Gasteiger partial charge in [-0.15, -0.1) is 0 Å². The second-order valence-electron chi connectivity index (χ2n) is 2.34. The van der Waals surface area contributed by atoms with Gasteiger partial charge in [-0.3, -0.25) is 0 Å². The second kappa shape index (κ2) is 3.30. The molecule has 0 unspecified atom stereocenters. The van der Waals surface area contributed by atoms with E-state index in [1.807, 2.05) is 0 Å². The fourth-order valence-corrected chi connectivity index (χ4v) is 0.852. The standard InChI is InChI=1S/C8H8F2N2/c1-5(12-11)7-3-2-6(9)4-8(7)10/h2-4H,11H2,1H3. The van der Waals surface area contributed by atoms with E-state index in [-0.39, 0.29) is 5.56 Å². The first-order chi connectivity index (χ1) is 5.65. The molecule has 0 aliphatic heterocycles. The Labute approximate surface area is 68.7 Å². The highest BCUT2D eigenvalue weighted by molar-refractivity contribution is 5.98. The van der Waals surface area contributed by atoms with Gasteiger partial charge < -0.3 is 5.84 Å². The molecule has 0 radical (unpaired) electrons. The van der Waals surface area contributed by atoms with Crippen molar-refractivity contribution >= 4 is 5.71 Å². The van der Waals surface area contributed by atoms with Gasteiger partial charge in [0, 0.05) is 11.6 Å². The van der Waals surface area contributed by atoms with Crippen molar-refractivity contribution < 1.29 is 8.78 Å². The van der Waals surface area contributed by atoms with Gasteiger partial charge in [0.05, 0.1) is 5.71 Å². The van der Waals surface area contributed by atoms with Crippen LogP contribution >= 0.6 is 0 Å². The van der Waals surface area contributed by atoms with Gasteiger partial charge in [0.1, 0.15) is 11.6 Å². The fraction of sp³-hybridized carbons (Fsp3) is 0.125. The minimum Gasteiger partial charge on any atom is -0.323 e. The van der Waals surface area contributed by atoms with E-state index < -0.39 is 11.6 Å². The van der Waals surface area contributed by atoms with Gasteiger partial charge in [0.15, 0.2) is 0 Å². The number of nitrogens with zero attached hydrogens (tertiary/aromatic N) is 1. The summed E-state index contributed by atoms with van der Waals surface area (Å²) < 4.78 is 25.3. The van der Waals surface area contributed by atoms with Crippen molar-refractivity contribution in [2.75, 3.05) is 0 Å². The summed E-state index contributed by atoms with van der Waals surface area (Å²) in [5.41, 5.74) is 0.561. The molecule has 0 aliphatic rings. The average Bonchev–Trinajstić information content (AvgIpc) is 2.03. The minimum absolute atomic E-state index is 0.221. The lowest BCUT2D eigenvalue weighted by molar-refractivity contribution is 0.581. The molecule has 2 N–H and O–H groups in total. The molecule has 0 saturated heterocycles. The van der Waals surface area contributed by atoms with Crippen LogP contribution in [0.15, 0.2) is 23.3 Å². The molecule has 1 aromatic rings. The highest BCUT2D eigenvalue weighted by Crippen LogP contribution is 2.09. The zero-order valence-electron chi connectivity index (χ0n) is 6.51. The molecule has 0 aliphatic carbocycles. The Hall–Kier alpha value is -1.45. The maximum absolute atomic E-state index is 12.9. The number of hydrazone groups is 1. The van der Waals surface area contributed by atoms with Crippen LogP contribution < -0.4 is 5.84 Å². The largest absolute Gasteiger partial charge is 0.323 e. The number of benzene rings is 1. The molecule has 64 valence electrons. The third kappa shape index (κ3) is 1.58. The first kappa shape index (κ1) is 8.64. The number of hydrogen-bond donors (Lipinski definition) is 1. The van der Waals surface area contributed by atoms with Crippen molar-refractivity contribution in [2.24, 2.45) is 10.9 Å². The van der Waals surface area contributed by atoms with Crippen LogP contribution in [0, 0.1) is 11.6 Å². The number of nitrogens with two attached hydrogens (primary N) is 1.